The number of nitrogens with zero attached hydrogens (tertiary/aromatic N) is 4. The van der Waals surface area contributed by atoms with Crippen LogP contribution in [0.1, 0.15) is 28.0 Å². The maximum absolute atomic E-state index is 12.6. The third-order valence-electron chi connectivity index (χ3n) is 4.55. The molecule has 22 heavy (non-hydrogen) atoms. The van der Waals surface area contributed by atoms with Gasteiger partial charge in [0.05, 0.1) is 24.3 Å². The largest absolute Gasteiger partial charge is 0.438 e. The van der Waals surface area contributed by atoms with Crippen LogP contribution in [0.2, 0.25) is 0 Å². The lowest BCUT2D eigenvalue weighted by Gasteiger charge is -2.22. The first-order chi connectivity index (χ1) is 10.6. The Morgan fingerprint density at radius 2 is 2.32 bits per heavy atom. The SMILES string of the molecule is Cc1noc([C@@]23COC[C@@H]2CN(C(=O)c2ocnc2C)C3)n1. The monoisotopic (exact) mass is 304 g/mol. The average molecular weight is 304 g/mol. The number of carbonyl (C=O) groups excluding carboxylic acids is 1. The Bertz CT molecular complexity index is 724. The molecule has 2 aliphatic rings. The van der Waals surface area contributed by atoms with Gasteiger partial charge < -0.3 is 18.6 Å². The fourth-order valence-electron chi connectivity index (χ4n) is 3.34. The summed E-state index contributed by atoms with van der Waals surface area (Å²) in [4.78, 5) is 22.7. The molecule has 0 saturated carbocycles. The topological polar surface area (TPSA) is 94.5 Å². The highest BCUT2D eigenvalue weighted by Crippen LogP contribution is 2.43. The van der Waals surface area contributed by atoms with Gasteiger partial charge in [-0.1, -0.05) is 5.16 Å². The molecule has 0 spiro atoms. The van der Waals surface area contributed by atoms with Gasteiger partial charge in [0.25, 0.3) is 5.91 Å². The second kappa shape index (κ2) is 4.64. The molecular weight excluding hydrogens is 288 g/mol. The van der Waals surface area contributed by atoms with Crippen molar-refractivity contribution in [3.05, 3.63) is 29.6 Å². The van der Waals surface area contributed by atoms with Crippen LogP contribution in [0, 0.1) is 19.8 Å². The van der Waals surface area contributed by atoms with Crippen molar-refractivity contribution in [3.8, 4) is 0 Å². The molecule has 2 aromatic rings. The number of rotatable bonds is 2. The van der Waals surface area contributed by atoms with Crippen LogP contribution < -0.4 is 0 Å². The predicted octanol–water partition coefficient (Wildman–Crippen LogP) is 0.715. The number of ether oxygens (including phenoxy) is 1. The van der Waals surface area contributed by atoms with Crippen LogP contribution in [0.4, 0.5) is 0 Å². The molecular formula is C14H16N4O4. The van der Waals surface area contributed by atoms with Gasteiger partial charge >= 0.3 is 0 Å². The van der Waals surface area contributed by atoms with Crippen LogP contribution >= 0.6 is 0 Å². The molecule has 1 amide bonds. The van der Waals surface area contributed by atoms with Crippen molar-refractivity contribution in [3.63, 3.8) is 0 Å². The van der Waals surface area contributed by atoms with Crippen molar-refractivity contribution in [1.82, 2.24) is 20.0 Å². The number of aryl methyl sites for hydroxylation is 2. The lowest BCUT2D eigenvalue weighted by molar-refractivity contribution is 0.0705. The fraction of sp³-hybridized carbons (Fsp3) is 0.571. The minimum Gasteiger partial charge on any atom is -0.438 e. The minimum atomic E-state index is -0.412. The number of fused-ring (bicyclic) bond motifs is 1. The van der Waals surface area contributed by atoms with Gasteiger partial charge in [-0.05, 0) is 13.8 Å². The Kier molecular flexibility index (Phi) is 2.83. The van der Waals surface area contributed by atoms with Crippen molar-refractivity contribution in [2.75, 3.05) is 26.3 Å². The van der Waals surface area contributed by atoms with E-state index in [1.54, 1.807) is 18.7 Å². The summed E-state index contributed by atoms with van der Waals surface area (Å²) in [7, 11) is 0. The number of oxazole rings is 1. The Labute approximate surface area is 126 Å². The molecule has 0 bridgehead atoms. The van der Waals surface area contributed by atoms with E-state index in [0.29, 0.717) is 43.7 Å². The molecule has 116 valence electrons. The number of aromatic nitrogens is 3. The normalized spacial score (nSPS) is 27.4. The quantitative estimate of drug-likeness (QED) is 0.806. The second-order valence-electron chi connectivity index (χ2n) is 5.97. The Morgan fingerprint density at radius 1 is 1.45 bits per heavy atom. The van der Waals surface area contributed by atoms with Gasteiger partial charge in [0, 0.05) is 19.0 Å². The Hall–Kier alpha value is -2.22. The van der Waals surface area contributed by atoms with E-state index in [9.17, 15) is 4.79 Å². The van der Waals surface area contributed by atoms with E-state index in [4.69, 9.17) is 13.7 Å². The maximum atomic E-state index is 12.6. The molecule has 2 aliphatic heterocycles. The van der Waals surface area contributed by atoms with Crippen molar-refractivity contribution in [2.45, 2.75) is 19.3 Å². The molecule has 0 aromatic carbocycles. The summed E-state index contributed by atoms with van der Waals surface area (Å²) < 4.78 is 16.2. The summed E-state index contributed by atoms with van der Waals surface area (Å²) in [5.41, 5.74) is 0.186. The molecule has 0 unspecified atom stereocenters. The van der Waals surface area contributed by atoms with E-state index >= 15 is 0 Å². The summed E-state index contributed by atoms with van der Waals surface area (Å²) in [6, 6.07) is 0. The zero-order chi connectivity index (χ0) is 15.3. The molecule has 0 radical (unpaired) electrons. The molecule has 0 N–H and O–H groups in total. The lowest BCUT2D eigenvalue weighted by atomic mass is 9.81. The predicted molar refractivity (Wildman–Crippen MR) is 72.2 cm³/mol. The number of hydrogen-bond donors (Lipinski definition) is 0. The van der Waals surface area contributed by atoms with Crippen LogP contribution in [0.3, 0.4) is 0 Å². The first kappa shape index (κ1) is 13.4. The van der Waals surface area contributed by atoms with Crippen LogP contribution in [-0.4, -0.2) is 52.2 Å². The van der Waals surface area contributed by atoms with E-state index < -0.39 is 5.41 Å². The summed E-state index contributed by atoms with van der Waals surface area (Å²) in [5.74, 6) is 1.43. The highest BCUT2D eigenvalue weighted by Gasteiger charge is 2.56. The molecule has 4 rings (SSSR count). The molecule has 4 heterocycles. The summed E-state index contributed by atoms with van der Waals surface area (Å²) in [5, 5.41) is 3.88. The van der Waals surface area contributed by atoms with Crippen LogP contribution in [0.5, 0.6) is 0 Å². The van der Waals surface area contributed by atoms with E-state index in [0.717, 1.165) is 0 Å². The number of amides is 1. The third-order valence-corrected chi connectivity index (χ3v) is 4.55. The fourth-order valence-corrected chi connectivity index (χ4v) is 3.34. The van der Waals surface area contributed by atoms with Crippen LogP contribution in [-0.2, 0) is 10.2 Å². The smallest absolute Gasteiger partial charge is 0.291 e. The number of hydrogen-bond acceptors (Lipinski definition) is 7. The van der Waals surface area contributed by atoms with Crippen LogP contribution in [0.15, 0.2) is 15.3 Å². The van der Waals surface area contributed by atoms with Crippen LogP contribution in [0.25, 0.3) is 0 Å². The number of carbonyl (C=O) groups is 1. The zero-order valence-electron chi connectivity index (χ0n) is 12.4. The van der Waals surface area contributed by atoms with Gasteiger partial charge in [-0.2, -0.15) is 4.98 Å². The molecule has 2 aromatic heterocycles. The van der Waals surface area contributed by atoms with Crippen molar-refractivity contribution in [2.24, 2.45) is 5.92 Å². The van der Waals surface area contributed by atoms with Gasteiger partial charge in [-0.25, -0.2) is 4.98 Å². The first-order valence-corrected chi connectivity index (χ1v) is 7.18. The lowest BCUT2D eigenvalue weighted by Crippen LogP contribution is -2.37. The standard InChI is InChI=1S/C14H16N4O4/c1-8-11(21-7-15-8)12(19)18-3-10-4-20-6-14(10,5-18)13-16-9(2)17-22-13/h7,10H,3-6H2,1-2H3/t10-,14-/m0/s1. The Balaban J connectivity index is 1.65. The van der Waals surface area contributed by atoms with Gasteiger partial charge in [-0.3, -0.25) is 4.79 Å². The number of likely N-dealkylation sites (tertiary alicyclic amines) is 1. The molecule has 2 atom stereocenters. The third kappa shape index (κ3) is 1.80. The summed E-state index contributed by atoms with van der Waals surface area (Å²) in [6.45, 7) is 5.68. The van der Waals surface area contributed by atoms with E-state index in [2.05, 4.69) is 15.1 Å². The van der Waals surface area contributed by atoms with Crippen molar-refractivity contribution < 1.29 is 18.5 Å². The van der Waals surface area contributed by atoms with E-state index in [1.807, 2.05) is 0 Å². The average Bonchev–Trinajstić information content (AvgIpc) is 3.19. The Morgan fingerprint density at radius 3 is 3.00 bits per heavy atom. The van der Waals surface area contributed by atoms with Crippen molar-refractivity contribution in [1.29, 1.82) is 0 Å². The molecule has 8 nitrogen and oxygen atoms in total. The highest BCUT2D eigenvalue weighted by molar-refractivity contribution is 5.92. The maximum Gasteiger partial charge on any atom is 0.291 e. The molecule has 2 saturated heterocycles. The summed E-state index contributed by atoms with van der Waals surface area (Å²) in [6.07, 6.45) is 1.29. The van der Waals surface area contributed by atoms with E-state index in [-0.39, 0.29) is 17.6 Å². The molecule has 0 aliphatic carbocycles. The molecule has 2 fully saturated rings. The first-order valence-electron chi connectivity index (χ1n) is 7.18. The second-order valence-corrected chi connectivity index (χ2v) is 5.97. The van der Waals surface area contributed by atoms with Gasteiger partial charge in [0.2, 0.25) is 11.7 Å². The van der Waals surface area contributed by atoms with E-state index in [1.165, 1.54) is 6.39 Å². The highest BCUT2D eigenvalue weighted by atomic mass is 16.5. The zero-order valence-corrected chi connectivity index (χ0v) is 12.4. The van der Waals surface area contributed by atoms with Gasteiger partial charge in [0.15, 0.2) is 12.2 Å². The van der Waals surface area contributed by atoms with Gasteiger partial charge in [-0.15, -0.1) is 0 Å². The van der Waals surface area contributed by atoms with Gasteiger partial charge in [0.1, 0.15) is 0 Å². The molecule has 8 heteroatoms. The van der Waals surface area contributed by atoms with Crippen molar-refractivity contribution >= 4 is 5.91 Å². The minimum absolute atomic E-state index is 0.152. The summed E-state index contributed by atoms with van der Waals surface area (Å²) >= 11 is 0.